The number of carboxylic acids is 1. The molecule has 2 N–H and O–H groups in total. The number of halogens is 2. The molecule has 9 nitrogen and oxygen atoms in total. The van der Waals surface area contributed by atoms with E-state index in [9.17, 15) is 15.0 Å². The molecule has 0 radical (unpaired) electrons. The molecule has 4 heterocycles. The minimum Gasteiger partial charge on any atom is -0.481 e. The molecule has 5 rings (SSSR count). The van der Waals surface area contributed by atoms with Crippen LogP contribution in [0.1, 0.15) is 49.9 Å². The number of aromatic nitrogens is 4. The maximum absolute atomic E-state index is 11.2. The summed E-state index contributed by atoms with van der Waals surface area (Å²) in [6, 6.07) is 5.52. The number of likely N-dealkylation sites (tertiary alicyclic amines) is 1. The van der Waals surface area contributed by atoms with Crippen LogP contribution in [0.4, 0.5) is 5.82 Å². The summed E-state index contributed by atoms with van der Waals surface area (Å²) in [6.07, 6.45) is 4.83. The van der Waals surface area contributed by atoms with E-state index >= 15 is 0 Å². The molecule has 0 spiro atoms. The van der Waals surface area contributed by atoms with E-state index in [1.165, 1.54) is 0 Å². The highest BCUT2D eigenvalue weighted by Crippen LogP contribution is 2.33. The van der Waals surface area contributed by atoms with Crippen molar-refractivity contribution in [2.75, 3.05) is 37.7 Å². The molecular weight excluding hydrogens is 527 g/mol. The summed E-state index contributed by atoms with van der Waals surface area (Å²) in [5.41, 5.74) is 3.13. The second-order valence-electron chi connectivity index (χ2n) is 10.6. The van der Waals surface area contributed by atoms with Gasteiger partial charge in [0.2, 0.25) is 0 Å². The van der Waals surface area contributed by atoms with Gasteiger partial charge in [-0.15, -0.1) is 0 Å². The largest absolute Gasteiger partial charge is 0.481 e. The molecule has 2 unspecified atom stereocenters. The highest BCUT2D eigenvalue weighted by atomic mass is 35.5. The molecule has 11 heteroatoms. The number of benzene rings is 1. The summed E-state index contributed by atoms with van der Waals surface area (Å²) in [5.74, 6) is 0.239. The van der Waals surface area contributed by atoms with Gasteiger partial charge < -0.3 is 15.1 Å². The minimum absolute atomic E-state index is 0.0447. The SMILES string of the molecule is Cc1nn([C@H](C)c2ccc(Cl)cc2Cl)c2nc(N3CCC(N4CCCC(CC(=O)O)C4)[C@H](CO)C3)cnc12. The van der Waals surface area contributed by atoms with Crippen LogP contribution in [0.3, 0.4) is 0 Å². The summed E-state index contributed by atoms with van der Waals surface area (Å²) in [5, 5.41) is 25.5. The van der Waals surface area contributed by atoms with Gasteiger partial charge in [-0.25, -0.2) is 14.6 Å². The van der Waals surface area contributed by atoms with Crippen molar-refractivity contribution in [3.8, 4) is 0 Å². The van der Waals surface area contributed by atoms with Gasteiger partial charge in [0.05, 0.1) is 17.9 Å². The third-order valence-corrected chi connectivity index (χ3v) is 8.64. The molecular formula is C27H34Cl2N6O3. The normalized spacial score (nSPS) is 23.6. The molecule has 2 saturated heterocycles. The van der Waals surface area contributed by atoms with Gasteiger partial charge in [-0.3, -0.25) is 9.69 Å². The first kappa shape index (κ1) is 27.1. The van der Waals surface area contributed by atoms with E-state index in [2.05, 4.69) is 9.80 Å². The van der Waals surface area contributed by atoms with Crippen LogP contribution >= 0.6 is 23.2 Å². The predicted octanol–water partition coefficient (Wildman–Crippen LogP) is 4.42. The molecule has 0 saturated carbocycles. The molecule has 0 bridgehead atoms. The summed E-state index contributed by atoms with van der Waals surface area (Å²) < 4.78 is 1.86. The molecule has 0 amide bonds. The van der Waals surface area contributed by atoms with E-state index < -0.39 is 5.97 Å². The van der Waals surface area contributed by atoms with Gasteiger partial charge in [0.1, 0.15) is 11.3 Å². The average molecular weight is 562 g/mol. The van der Waals surface area contributed by atoms with Crippen molar-refractivity contribution < 1.29 is 15.0 Å². The molecule has 1 aromatic carbocycles. The Morgan fingerprint density at radius 3 is 2.76 bits per heavy atom. The Kier molecular flexibility index (Phi) is 8.09. The van der Waals surface area contributed by atoms with Crippen molar-refractivity contribution in [3.63, 3.8) is 0 Å². The Balaban J connectivity index is 1.37. The Morgan fingerprint density at radius 1 is 1.21 bits per heavy atom. The van der Waals surface area contributed by atoms with Crippen molar-refractivity contribution in [2.24, 2.45) is 11.8 Å². The lowest BCUT2D eigenvalue weighted by atomic mass is 9.87. The lowest BCUT2D eigenvalue weighted by Crippen LogP contribution is -2.55. The quantitative estimate of drug-likeness (QED) is 0.437. The Labute approximate surface area is 232 Å². The van der Waals surface area contributed by atoms with E-state index in [4.69, 9.17) is 38.3 Å². The highest BCUT2D eigenvalue weighted by Gasteiger charge is 2.36. The van der Waals surface area contributed by atoms with Gasteiger partial charge in [0.15, 0.2) is 5.65 Å². The van der Waals surface area contributed by atoms with Crippen LogP contribution in [-0.2, 0) is 4.79 Å². The fraction of sp³-hybridized carbons (Fsp3) is 0.556. The maximum Gasteiger partial charge on any atom is 0.303 e. The molecule has 2 aliphatic rings. The Morgan fingerprint density at radius 2 is 2.03 bits per heavy atom. The second kappa shape index (κ2) is 11.3. The number of piperidine rings is 2. The number of anilines is 1. The second-order valence-corrected chi connectivity index (χ2v) is 11.5. The Bertz CT molecular complexity index is 1320. The summed E-state index contributed by atoms with van der Waals surface area (Å²) in [6.45, 7) is 7.20. The molecule has 2 fully saturated rings. The van der Waals surface area contributed by atoms with Gasteiger partial charge in [-0.1, -0.05) is 29.3 Å². The number of hydrogen-bond donors (Lipinski definition) is 2. The van der Waals surface area contributed by atoms with Crippen LogP contribution in [0, 0.1) is 18.8 Å². The van der Waals surface area contributed by atoms with E-state index in [-0.39, 0.29) is 36.9 Å². The first-order valence-electron chi connectivity index (χ1n) is 13.2. The zero-order valence-electron chi connectivity index (χ0n) is 21.7. The van der Waals surface area contributed by atoms with Crippen molar-refractivity contribution >= 4 is 46.2 Å². The number of aliphatic hydroxyl groups is 1. The topological polar surface area (TPSA) is 108 Å². The molecule has 204 valence electrons. The number of aryl methyl sites for hydroxylation is 1. The van der Waals surface area contributed by atoms with Crippen LogP contribution in [0.15, 0.2) is 24.4 Å². The van der Waals surface area contributed by atoms with Gasteiger partial charge in [0, 0.05) is 54.7 Å². The zero-order chi connectivity index (χ0) is 27.0. The third-order valence-electron chi connectivity index (χ3n) is 8.07. The van der Waals surface area contributed by atoms with E-state index in [0.29, 0.717) is 22.2 Å². The van der Waals surface area contributed by atoms with Crippen LogP contribution in [0.5, 0.6) is 0 Å². The number of fused-ring (bicyclic) bond motifs is 1. The molecule has 2 aliphatic heterocycles. The van der Waals surface area contributed by atoms with Gasteiger partial charge in [-0.05, 0) is 63.3 Å². The summed E-state index contributed by atoms with van der Waals surface area (Å²) in [7, 11) is 0. The van der Waals surface area contributed by atoms with Crippen molar-refractivity contribution in [3.05, 3.63) is 45.7 Å². The van der Waals surface area contributed by atoms with Crippen LogP contribution in [0.2, 0.25) is 10.0 Å². The third kappa shape index (κ3) is 5.47. The van der Waals surface area contributed by atoms with Crippen molar-refractivity contribution in [1.29, 1.82) is 0 Å². The minimum atomic E-state index is -0.735. The first-order valence-corrected chi connectivity index (χ1v) is 14.0. The van der Waals surface area contributed by atoms with E-state index in [1.807, 2.05) is 30.7 Å². The van der Waals surface area contributed by atoms with Gasteiger partial charge in [-0.2, -0.15) is 5.10 Å². The molecule has 38 heavy (non-hydrogen) atoms. The monoisotopic (exact) mass is 560 g/mol. The van der Waals surface area contributed by atoms with Crippen LogP contribution in [0.25, 0.3) is 11.2 Å². The number of aliphatic carboxylic acids is 1. The number of rotatable bonds is 7. The average Bonchev–Trinajstić information content (AvgIpc) is 3.23. The molecule has 0 aliphatic carbocycles. The molecule has 4 atom stereocenters. The van der Waals surface area contributed by atoms with Crippen molar-refractivity contribution in [1.82, 2.24) is 24.6 Å². The van der Waals surface area contributed by atoms with Crippen LogP contribution in [-0.4, -0.2) is 79.7 Å². The fourth-order valence-corrected chi connectivity index (χ4v) is 6.70. The standard InChI is InChI=1S/C27H34Cl2N6O3/c1-16-26-27(35(32-16)17(2)21-6-5-20(28)11-22(21)29)31-24(12-30-26)34-9-7-23(19(14-34)15-36)33-8-3-4-18(13-33)10-25(37)38/h5-6,11-12,17-19,23,36H,3-4,7-10,13-15H2,1-2H3,(H,37,38)/t17-,18?,19+,23?/m1/s1. The van der Waals surface area contributed by atoms with E-state index in [0.717, 1.165) is 61.5 Å². The van der Waals surface area contributed by atoms with E-state index in [1.54, 1.807) is 12.3 Å². The number of nitrogens with zero attached hydrogens (tertiary/aromatic N) is 6. The number of carboxylic acid groups (broad SMARTS) is 1. The summed E-state index contributed by atoms with van der Waals surface area (Å²) >= 11 is 12.6. The highest BCUT2D eigenvalue weighted by molar-refractivity contribution is 6.35. The zero-order valence-corrected chi connectivity index (χ0v) is 23.2. The molecule has 2 aromatic heterocycles. The van der Waals surface area contributed by atoms with Gasteiger partial charge >= 0.3 is 5.97 Å². The smallest absolute Gasteiger partial charge is 0.303 e. The Hall–Kier alpha value is -2.46. The predicted molar refractivity (Wildman–Crippen MR) is 148 cm³/mol. The molecule has 3 aromatic rings. The lowest BCUT2D eigenvalue weighted by molar-refractivity contribution is -0.138. The van der Waals surface area contributed by atoms with Crippen LogP contribution < -0.4 is 4.90 Å². The number of aliphatic hydroxyl groups excluding tert-OH is 1. The fourth-order valence-electron chi connectivity index (χ4n) is 6.14. The summed E-state index contributed by atoms with van der Waals surface area (Å²) in [4.78, 5) is 25.6. The maximum atomic E-state index is 11.2. The first-order chi connectivity index (χ1) is 18.2. The van der Waals surface area contributed by atoms with Gasteiger partial charge in [0.25, 0.3) is 0 Å². The number of hydrogen-bond acceptors (Lipinski definition) is 7. The van der Waals surface area contributed by atoms with Crippen molar-refractivity contribution in [2.45, 2.75) is 51.6 Å². The number of carbonyl (C=O) groups is 1. The lowest BCUT2D eigenvalue weighted by Gasteiger charge is -2.46.